The molecule has 0 saturated carbocycles. The van der Waals surface area contributed by atoms with Crippen molar-refractivity contribution in [2.24, 2.45) is 0 Å². The van der Waals surface area contributed by atoms with Crippen LogP contribution in [0.1, 0.15) is 30.4 Å². The van der Waals surface area contributed by atoms with E-state index in [0.717, 1.165) is 58.6 Å². The highest BCUT2D eigenvalue weighted by molar-refractivity contribution is 5.95. The molecule has 1 fully saturated rings. The fraction of sp³-hybridized carbons (Fsp3) is 0.233. The molecule has 1 aliphatic heterocycles. The smallest absolute Gasteiger partial charge is 0.178 e. The Kier molecular flexibility index (Phi) is 5.66. The van der Waals surface area contributed by atoms with E-state index in [-0.39, 0.29) is 0 Å². The molecule has 0 radical (unpaired) electrons. The molecule has 1 aliphatic rings. The number of nitrogens with zero attached hydrogens (tertiary/aromatic N) is 6. The number of imidazole rings is 1. The van der Waals surface area contributed by atoms with Crippen molar-refractivity contribution >= 4 is 22.2 Å². The first-order valence-electron chi connectivity index (χ1n) is 13.2. The topological polar surface area (TPSA) is 99.3 Å². The van der Waals surface area contributed by atoms with Crippen LogP contribution in [0.3, 0.4) is 0 Å². The zero-order valence-electron chi connectivity index (χ0n) is 21.3. The molecule has 0 aliphatic carbocycles. The number of aromatic nitrogens is 7. The van der Waals surface area contributed by atoms with Crippen molar-refractivity contribution in [1.82, 2.24) is 40.0 Å². The van der Waals surface area contributed by atoms with Crippen molar-refractivity contribution in [3.8, 4) is 33.9 Å². The fourth-order valence-electron chi connectivity index (χ4n) is 5.39. The Morgan fingerprint density at radius 1 is 0.921 bits per heavy atom. The normalized spacial score (nSPS) is 14.4. The Bertz CT molecular complexity index is 1760. The molecule has 6 heterocycles. The summed E-state index contributed by atoms with van der Waals surface area (Å²) in [5, 5.41) is 7.69. The summed E-state index contributed by atoms with van der Waals surface area (Å²) in [6, 6.07) is 16.7. The lowest BCUT2D eigenvalue weighted by molar-refractivity contribution is 0.220. The maximum atomic E-state index is 5.00. The molecule has 8 heteroatoms. The van der Waals surface area contributed by atoms with Crippen LogP contribution in [0.15, 0.2) is 67.1 Å². The number of fused-ring (bicyclic) bond motifs is 2. The first-order valence-corrected chi connectivity index (χ1v) is 13.2. The molecule has 0 spiro atoms. The van der Waals surface area contributed by atoms with Gasteiger partial charge in [0.2, 0.25) is 0 Å². The van der Waals surface area contributed by atoms with Gasteiger partial charge in [-0.2, -0.15) is 5.10 Å². The van der Waals surface area contributed by atoms with E-state index in [9.17, 15) is 0 Å². The molecule has 38 heavy (non-hydrogen) atoms. The van der Waals surface area contributed by atoms with E-state index >= 15 is 0 Å². The lowest BCUT2D eigenvalue weighted by Gasteiger charge is -2.26. The molecule has 7 rings (SSSR count). The third-order valence-corrected chi connectivity index (χ3v) is 7.30. The molecule has 6 aromatic rings. The van der Waals surface area contributed by atoms with Crippen molar-refractivity contribution in [1.29, 1.82) is 0 Å². The Morgan fingerprint density at radius 3 is 2.74 bits per heavy atom. The van der Waals surface area contributed by atoms with Crippen LogP contribution in [-0.4, -0.2) is 53.1 Å². The summed E-state index contributed by atoms with van der Waals surface area (Å²) in [4.78, 5) is 24.8. The summed E-state index contributed by atoms with van der Waals surface area (Å²) in [6.07, 6.45) is 9.53. The Morgan fingerprint density at radius 2 is 1.84 bits per heavy atom. The van der Waals surface area contributed by atoms with Gasteiger partial charge >= 0.3 is 0 Å². The van der Waals surface area contributed by atoms with Crippen LogP contribution >= 0.6 is 0 Å². The van der Waals surface area contributed by atoms with E-state index in [2.05, 4.69) is 67.3 Å². The van der Waals surface area contributed by atoms with Gasteiger partial charge in [-0.25, -0.2) is 15.0 Å². The predicted octanol–water partition coefficient (Wildman–Crippen LogP) is 5.92. The maximum Gasteiger partial charge on any atom is 0.178 e. The summed E-state index contributed by atoms with van der Waals surface area (Å²) in [6.45, 7) is 5.34. The maximum absolute atomic E-state index is 5.00. The van der Waals surface area contributed by atoms with Crippen LogP contribution in [0.4, 0.5) is 0 Å². The molecule has 0 amide bonds. The average Bonchev–Trinajstić information content (AvgIpc) is 3.57. The van der Waals surface area contributed by atoms with Gasteiger partial charge in [0.05, 0.1) is 16.7 Å². The summed E-state index contributed by atoms with van der Waals surface area (Å²) in [5.74, 6) is 0.639. The molecule has 0 atom stereocenters. The van der Waals surface area contributed by atoms with Gasteiger partial charge in [0.1, 0.15) is 5.52 Å². The first kappa shape index (κ1) is 22.7. The van der Waals surface area contributed by atoms with Crippen LogP contribution in [0.25, 0.3) is 56.1 Å². The van der Waals surface area contributed by atoms with E-state index in [0.29, 0.717) is 17.2 Å². The summed E-state index contributed by atoms with van der Waals surface area (Å²) >= 11 is 0. The van der Waals surface area contributed by atoms with Crippen molar-refractivity contribution in [2.75, 3.05) is 13.1 Å². The lowest BCUT2D eigenvalue weighted by Crippen LogP contribution is -2.29. The minimum atomic E-state index is 0.639. The van der Waals surface area contributed by atoms with Gasteiger partial charge in [0.25, 0.3) is 0 Å². The highest BCUT2D eigenvalue weighted by Crippen LogP contribution is 2.31. The van der Waals surface area contributed by atoms with Gasteiger partial charge in [0.15, 0.2) is 17.2 Å². The van der Waals surface area contributed by atoms with Gasteiger partial charge in [-0.05, 0) is 68.2 Å². The van der Waals surface area contributed by atoms with Crippen molar-refractivity contribution in [3.05, 3.63) is 78.2 Å². The van der Waals surface area contributed by atoms with Gasteiger partial charge < -0.3 is 4.98 Å². The lowest BCUT2D eigenvalue weighted by atomic mass is 10.0. The molecule has 0 unspecified atom stereocenters. The predicted molar refractivity (Wildman–Crippen MR) is 149 cm³/mol. The number of likely N-dealkylation sites (tertiary alicyclic amines) is 1. The SMILES string of the molecule is Cc1cccc(-c2ccnc3nc(-c4n[nH]c5ccc(-c6cncc(CN7CCCCC7)c6)nc45)[nH]c23)c1. The van der Waals surface area contributed by atoms with Gasteiger partial charge in [0, 0.05) is 36.3 Å². The largest absolute Gasteiger partial charge is 0.335 e. The summed E-state index contributed by atoms with van der Waals surface area (Å²) in [7, 11) is 0. The fourth-order valence-corrected chi connectivity index (χ4v) is 5.39. The van der Waals surface area contributed by atoms with Crippen LogP contribution in [0.2, 0.25) is 0 Å². The third-order valence-electron chi connectivity index (χ3n) is 7.30. The molecular weight excluding hydrogens is 472 g/mol. The van der Waals surface area contributed by atoms with E-state index in [1.54, 1.807) is 6.20 Å². The van der Waals surface area contributed by atoms with E-state index in [1.807, 2.05) is 30.6 Å². The van der Waals surface area contributed by atoms with Gasteiger partial charge in [-0.3, -0.25) is 15.0 Å². The van der Waals surface area contributed by atoms with Crippen molar-refractivity contribution in [3.63, 3.8) is 0 Å². The standard InChI is InChI=1S/C30H28N8/c1-19-6-5-7-21(14-19)23-10-11-32-29-26(23)34-30(35-29)28-27-25(36-37-28)9-8-24(33-27)22-15-20(16-31-17-22)18-38-12-3-2-4-13-38/h5-11,14-17H,2-4,12-13,18H2,1H3,(H,36,37)(H,32,34,35). The van der Waals surface area contributed by atoms with Crippen molar-refractivity contribution < 1.29 is 0 Å². The average molecular weight is 501 g/mol. The van der Waals surface area contributed by atoms with Crippen LogP contribution in [0, 0.1) is 6.92 Å². The van der Waals surface area contributed by atoms with Crippen LogP contribution in [-0.2, 0) is 6.54 Å². The Labute approximate surface area is 220 Å². The number of piperidine rings is 1. The highest BCUT2D eigenvalue weighted by atomic mass is 15.2. The van der Waals surface area contributed by atoms with E-state index in [4.69, 9.17) is 9.97 Å². The van der Waals surface area contributed by atoms with Crippen molar-refractivity contribution in [2.45, 2.75) is 32.7 Å². The highest BCUT2D eigenvalue weighted by Gasteiger charge is 2.18. The second-order valence-electron chi connectivity index (χ2n) is 10.1. The second kappa shape index (κ2) is 9.46. The number of aryl methyl sites for hydroxylation is 1. The molecule has 1 saturated heterocycles. The van der Waals surface area contributed by atoms with Gasteiger partial charge in [-0.15, -0.1) is 0 Å². The number of pyridine rings is 3. The van der Waals surface area contributed by atoms with E-state index in [1.165, 1.54) is 30.4 Å². The monoisotopic (exact) mass is 500 g/mol. The third kappa shape index (κ3) is 4.22. The minimum Gasteiger partial charge on any atom is -0.335 e. The van der Waals surface area contributed by atoms with Gasteiger partial charge in [-0.1, -0.05) is 36.2 Å². The minimum absolute atomic E-state index is 0.639. The number of hydrogen-bond donors (Lipinski definition) is 2. The Hall–Kier alpha value is -4.43. The molecule has 5 aromatic heterocycles. The number of hydrogen-bond acceptors (Lipinski definition) is 6. The quantitative estimate of drug-likeness (QED) is 0.305. The zero-order valence-corrected chi connectivity index (χ0v) is 21.3. The molecule has 188 valence electrons. The molecule has 1 aromatic carbocycles. The summed E-state index contributed by atoms with van der Waals surface area (Å²) in [5.41, 5.74) is 10.3. The number of nitrogens with one attached hydrogen (secondary N) is 2. The van der Waals surface area contributed by atoms with E-state index < -0.39 is 0 Å². The molecular formula is C30H28N8. The summed E-state index contributed by atoms with van der Waals surface area (Å²) < 4.78 is 0. The molecule has 0 bridgehead atoms. The van der Waals surface area contributed by atoms with Crippen LogP contribution in [0.5, 0.6) is 0 Å². The molecule has 8 nitrogen and oxygen atoms in total. The first-order chi connectivity index (χ1) is 18.7. The molecule has 2 N–H and O–H groups in total. The number of rotatable bonds is 5. The number of aromatic amines is 2. The van der Waals surface area contributed by atoms with Crippen LogP contribution < -0.4 is 0 Å². The zero-order chi connectivity index (χ0) is 25.5. The number of benzene rings is 1. The Balaban J connectivity index is 1.26. The second-order valence-corrected chi connectivity index (χ2v) is 10.1. The number of H-pyrrole nitrogens is 2.